The number of aromatic nitrogens is 1. The molecular weight excluding hydrogens is 238 g/mol. The molecule has 0 unspecified atom stereocenters. The molecule has 1 saturated carbocycles. The molecule has 0 bridgehead atoms. The number of nitrogens with zero attached hydrogens (tertiary/aromatic N) is 1. The second-order valence-electron chi connectivity index (χ2n) is 5.38. The van der Waals surface area contributed by atoms with Gasteiger partial charge in [0.2, 0.25) is 0 Å². The van der Waals surface area contributed by atoms with Gasteiger partial charge >= 0.3 is 0 Å². The first-order chi connectivity index (χ1) is 9.21. The molecular formula is C15H23N3O. The van der Waals surface area contributed by atoms with Crippen LogP contribution < -0.4 is 10.6 Å². The van der Waals surface area contributed by atoms with Crippen molar-refractivity contribution >= 4 is 11.6 Å². The van der Waals surface area contributed by atoms with Gasteiger partial charge in [0.1, 0.15) is 0 Å². The summed E-state index contributed by atoms with van der Waals surface area (Å²) in [5.74, 6) is 0.000674. The monoisotopic (exact) mass is 261 g/mol. The third-order valence-electron chi connectivity index (χ3n) is 3.96. The van der Waals surface area contributed by atoms with Crippen LogP contribution >= 0.6 is 0 Å². The molecule has 4 nitrogen and oxygen atoms in total. The molecule has 1 aromatic heterocycles. The molecule has 1 amide bonds. The molecule has 0 spiro atoms. The van der Waals surface area contributed by atoms with Gasteiger partial charge in [-0.1, -0.05) is 13.8 Å². The topological polar surface area (TPSA) is 54.0 Å². The lowest BCUT2D eigenvalue weighted by Crippen LogP contribution is -2.30. The number of rotatable bonds is 7. The second-order valence-corrected chi connectivity index (χ2v) is 5.38. The highest BCUT2D eigenvalue weighted by Crippen LogP contribution is 2.47. The average Bonchev–Trinajstić information content (AvgIpc) is 3.23. The van der Waals surface area contributed by atoms with Gasteiger partial charge in [-0.2, -0.15) is 0 Å². The molecule has 0 aliphatic heterocycles. The smallest absolute Gasteiger partial charge is 0.253 e. The Labute approximate surface area is 115 Å². The summed E-state index contributed by atoms with van der Waals surface area (Å²) in [5, 5.41) is 6.31. The van der Waals surface area contributed by atoms with Gasteiger partial charge in [-0.05, 0) is 37.2 Å². The van der Waals surface area contributed by atoms with Gasteiger partial charge in [-0.25, -0.2) is 0 Å². The molecule has 0 saturated heterocycles. The van der Waals surface area contributed by atoms with Gasteiger partial charge in [0, 0.05) is 19.3 Å². The Hall–Kier alpha value is -1.58. The lowest BCUT2D eigenvalue weighted by Gasteiger charge is -2.15. The van der Waals surface area contributed by atoms with Crippen LogP contribution in [0.1, 0.15) is 49.9 Å². The fourth-order valence-electron chi connectivity index (χ4n) is 2.19. The van der Waals surface area contributed by atoms with Crippen LogP contribution in [-0.4, -0.2) is 24.0 Å². The fourth-order valence-corrected chi connectivity index (χ4v) is 2.19. The molecule has 1 aliphatic carbocycles. The van der Waals surface area contributed by atoms with E-state index < -0.39 is 0 Å². The predicted molar refractivity (Wildman–Crippen MR) is 77.3 cm³/mol. The number of amides is 1. The van der Waals surface area contributed by atoms with Gasteiger partial charge in [0.05, 0.1) is 17.4 Å². The minimum atomic E-state index is 0.000674. The fraction of sp³-hybridized carbons (Fsp3) is 0.600. The van der Waals surface area contributed by atoms with Crippen LogP contribution in [-0.2, 0) is 0 Å². The van der Waals surface area contributed by atoms with Gasteiger partial charge in [0.15, 0.2) is 0 Å². The van der Waals surface area contributed by atoms with Crippen LogP contribution in [0.4, 0.5) is 5.69 Å². The van der Waals surface area contributed by atoms with Crippen molar-refractivity contribution in [3.05, 3.63) is 24.0 Å². The Morgan fingerprint density at radius 2 is 2.21 bits per heavy atom. The first kappa shape index (κ1) is 13.8. The minimum Gasteiger partial charge on any atom is -0.383 e. The standard InChI is InChI=1S/C15H23N3O/c1-3-8-17-13-10-16-9-5-12(13)14(19)18-11-15(4-2)6-7-15/h5,9-10,17H,3-4,6-8,11H2,1-2H3,(H,18,19). The Morgan fingerprint density at radius 1 is 1.42 bits per heavy atom. The number of nitrogens with one attached hydrogen (secondary N) is 2. The molecule has 0 radical (unpaired) electrons. The van der Waals surface area contributed by atoms with E-state index in [0.29, 0.717) is 11.0 Å². The van der Waals surface area contributed by atoms with Crippen molar-refractivity contribution in [2.45, 2.75) is 39.5 Å². The summed E-state index contributed by atoms with van der Waals surface area (Å²) < 4.78 is 0. The third kappa shape index (κ3) is 3.46. The van der Waals surface area contributed by atoms with Crippen molar-refractivity contribution in [2.24, 2.45) is 5.41 Å². The lowest BCUT2D eigenvalue weighted by molar-refractivity contribution is 0.0945. The quantitative estimate of drug-likeness (QED) is 0.793. The van der Waals surface area contributed by atoms with E-state index in [-0.39, 0.29) is 5.91 Å². The number of hydrogen-bond donors (Lipinski definition) is 2. The van der Waals surface area contributed by atoms with Gasteiger partial charge in [-0.3, -0.25) is 9.78 Å². The number of carbonyl (C=O) groups excluding carboxylic acids is 1. The summed E-state index contributed by atoms with van der Waals surface area (Å²) in [6, 6.07) is 1.78. The second kappa shape index (κ2) is 6.04. The third-order valence-corrected chi connectivity index (χ3v) is 3.96. The highest BCUT2D eigenvalue weighted by atomic mass is 16.1. The summed E-state index contributed by atoms with van der Waals surface area (Å²) in [4.78, 5) is 16.3. The van der Waals surface area contributed by atoms with E-state index in [1.165, 1.54) is 12.8 Å². The molecule has 0 aromatic carbocycles. The van der Waals surface area contributed by atoms with Crippen LogP contribution in [0, 0.1) is 5.41 Å². The van der Waals surface area contributed by atoms with E-state index >= 15 is 0 Å². The van der Waals surface area contributed by atoms with Crippen molar-refractivity contribution in [1.29, 1.82) is 0 Å². The highest BCUT2D eigenvalue weighted by molar-refractivity contribution is 5.99. The first-order valence-electron chi connectivity index (χ1n) is 7.17. The molecule has 2 N–H and O–H groups in total. The maximum atomic E-state index is 12.2. The zero-order valence-electron chi connectivity index (χ0n) is 11.8. The molecule has 0 atom stereocenters. The number of carbonyl (C=O) groups is 1. The molecule has 4 heteroatoms. The Morgan fingerprint density at radius 3 is 2.84 bits per heavy atom. The van der Waals surface area contributed by atoms with Gasteiger partial charge in [0.25, 0.3) is 5.91 Å². The molecule has 1 heterocycles. The molecule has 104 valence electrons. The predicted octanol–water partition coefficient (Wildman–Crippen LogP) is 2.82. The van der Waals surface area contributed by atoms with E-state index in [0.717, 1.165) is 31.6 Å². The Bertz CT molecular complexity index is 441. The van der Waals surface area contributed by atoms with Gasteiger partial charge in [-0.15, -0.1) is 0 Å². The van der Waals surface area contributed by atoms with E-state index in [1.54, 1.807) is 18.5 Å². The molecule has 1 fully saturated rings. The van der Waals surface area contributed by atoms with Crippen LogP contribution in [0.15, 0.2) is 18.5 Å². The average molecular weight is 261 g/mol. The van der Waals surface area contributed by atoms with Crippen LogP contribution in [0.3, 0.4) is 0 Å². The maximum Gasteiger partial charge on any atom is 0.253 e. The van der Waals surface area contributed by atoms with Crippen molar-refractivity contribution in [3.63, 3.8) is 0 Å². The number of hydrogen-bond acceptors (Lipinski definition) is 3. The summed E-state index contributed by atoms with van der Waals surface area (Å²) in [7, 11) is 0. The largest absolute Gasteiger partial charge is 0.383 e. The van der Waals surface area contributed by atoms with Gasteiger partial charge < -0.3 is 10.6 Å². The van der Waals surface area contributed by atoms with E-state index in [1.807, 2.05) is 0 Å². The van der Waals surface area contributed by atoms with Crippen molar-refractivity contribution in [3.8, 4) is 0 Å². The maximum absolute atomic E-state index is 12.2. The number of anilines is 1. The van der Waals surface area contributed by atoms with Crippen molar-refractivity contribution < 1.29 is 4.79 Å². The lowest BCUT2D eigenvalue weighted by atomic mass is 10.0. The normalized spacial score (nSPS) is 15.9. The van der Waals surface area contributed by atoms with Crippen LogP contribution in [0.2, 0.25) is 0 Å². The summed E-state index contributed by atoms with van der Waals surface area (Å²) in [6.45, 7) is 5.93. The van der Waals surface area contributed by atoms with E-state index in [9.17, 15) is 4.79 Å². The Balaban J connectivity index is 1.98. The zero-order valence-corrected chi connectivity index (χ0v) is 11.8. The van der Waals surface area contributed by atoms with Crippen LogP contribution in [0.5, 0.6) is 0 Å². The van der Waals surface area contributed by atoms with E-state index in [4.69, 9.17) is 0 Å². The SMILES string of the molecule is CCCNc1cnccc1C(=O)NCC1(CC)CC1. The molecule has 1 aromatic rings. The molecule has 1 aliphatic rings. The van der Waals surface area contributed by atoms with Crippen molar-refractivity contribution in [1.82, 2.24) is 10.3 Å². The number of pyridine rings is 1. The molecule has 2 rings (SSSR count). The summed E-state index contributed by atoms with van der Waals surface area (Å²) >= 11 is 0. The van der Waals surface area contributed by atoms with E-state index in [2.05, 4.69) is 29.5 Å². The van der Waals surface area contributed by atoms with Crippen molar-refractivity contribution in [2.75, 3.05) is 18.4 Å². The summed E-state index contributed by atoms with van der Waals surface area (Å²) in [6.07, 6.45) is 8.03. The first-order valence-corrected chi connectivity index (χ1v) is 7.17. The molecule has 19 heavy (non-hydrogen) atoms. The summed E-state index contributed by atoms with van der Waals surface area (Å²) in [5.41, 5.74) is 1.89. The Kier molecular flexibility index (Phi) is 4.40. The van der Waals surface area contributed by atoms with Crippen LogP contribution in [0.25, 0.3) is 0 Å². The highest BCUT2D eigenvalue weighted by Gasteiger charge is 2.40. The minimum absolute atomic E-state index is 0.000674. The zero-order chi connectivity index (χ0) is 13.7.